The normalized spacial score (nSPS) is 11.9. The second-order valence-corrected chi connectivity index (χ2v) is 5.28. The Morgan fingerprint density at radius 1 is 1.50 bits per heavy atom. The number of carbonyl (C=O) groups is 1. The largest absolute Gasteiger partial charge is 0.493 e. The van der Waals surface area contributed by atoms with Crippen LogP contribution in [0.2, 0.25) is 0 Å². The van der Waals surface area contributed by atoms with Crippen molar-refractivity contribution in [3.8, 4) is 11.5 Å². The summed E-state index contributed by atoms with van der Waals surface area (Å²) < 4.78 is 11.5. The second kappa shape index (κ2) is 7.50. The van der Waals surface area contributed by atoms with E-state index in [9.17, 15) is 4.79 Å². The van der Waals surface area contributed by atoms with Crippen molar-refractivity contribution < 1.29 is 14.3 Å². The van der Waals surface area contributed by atoms with E-state index in [1.165, 1.54) is 0 Å². The van der Waals surface area contributed by atoms with Gasteiger partial charge >= 0.3 is 0 Å². The summed E-state index contributed by atoms with van der Waals surface area (Å²) in [6, 6.07) is 3.38. The van der Waals surface area contributed by atoms with E-state index in [1.807, 2.05) is 13.8 Å². The first-order valence-corrected chi connectivity index (χ1v) is 7.23. The third kappa shape index (κ3) is 3.64. The molecule has 1 rings (SSSR count). The van der Waals surface area contributed by atoms with E-state index in [0.29, 0.717) is 34.7 Å². The molecule has 1 aromatic rings. The average Bonchev–Trinajstić information content (AvgIpc) is 2.46. The molecule has 0 aliphatic rings. The topological polar surface area (TPSA) is 64.8 Å². The Hall–Kier alpha value is -1.27. The quantitative estimate of drug-likeness (QED) is 0.859. The van der Waals surface area contributed by atoms with Crippen molar-refractivity contribution in [2.75, 3.05) is 27.3 Å². The van der Waals surface area contributed by atoms with Crippen molar-refractivity contribution in [2.45, 2.75) is 19.9 Å². The van der Waals surface area contributed by atoms with Crippen molar-refractivity contribution >= 4 is 21.8 Å². The molecule has 2 N–H and O–H groups in total. The maximum Gasteiger partial charge on any atom is 0.254 e. The molecule has 5 nitrogen and oxygen atoms in total. The van der Waals surface area contributed by atoms with Gasteiger partial charge < -0.3 is 20.1 Å². The minimum Gasteiger partial charge on any atom is -0.493 e. The number of hydrogen-bond acceptors (Lipinski definition) is 4. The molecule has 0 saturated heterocycles. The first-order chi connectivity index (χ1) is 9.46. The monoisotopic (exact) mass is 344 g/mol. The predicted molar refractivity (Wildman–Crippen MR) is 82.5 cm³/mol. The maximum absolute atomic E-state index is 12.4. The van der Waals surface area contributed by atoms with Crippen LogP contribution < -0.4 is 15.2 Å². The minimum absolute atomic E-state index is 0.0289. The van der Waals surface area contributed by atoms with Crippen molar-refractivity contribution in [2.24, 2.45) is 5.73 Å². The summed E-state index contributed by atoms with van der Waals surface area (Å²) in [5.41, 5.74) is 6.12. The number of carbonyl (C=O) groups excluding carboxylic acids is 1. The Morgan fingerprint density at radius 3 is 2.65 bits per heavy atom. The third-order valence-corrected chi connectivity index (χ3v) is 3.68. The molecule has 0 aliphatic heterocycles. The summed E-state index contributed by atoms with van der Waals surface area (Å²) in [7, 11) is 3.28. The number of rotatable bonds is 6. The molecule has 0 bridgehead atoms. The molecule has 0 fully saturated rings. The van der Waals surface area contributed by atoms with Crippen LogP contribution in [0.3, 0.4) is 0 Å². The summed E-state index contributed by atoms with van der Waals surface area (Å²) >= 11 is 3.41. The molecule has 1 atom stereocenters. The molecule has 1 amide bonds. The van der Waals surface area contributed by atoms with Gasteiger partial charge in [-0.05, 0) is 41.9 Å². The lowest BCUT2D eigenvalue weighted by atomic mass is 10.1. The zero-order valence-electron chi connectivity index (χ0n) is 12.3. The molecule has 6 heteroatoms. The highest BCUT2D eigenvalue weighted by Gasteiger charge is 2.20. The van der Waals surface area contributed by atoms with Gasteiger partial charge in [-0.25, -0.2) is 0 Å². The Balaban J connectivity index is 3.14. The van der Waals surface area contributed by atoms with E-state index in [0.717, 1.165) is 0 Å². The fourth-order valence-electron chi connectivity index (χ4n) is 1.69. The van der Waals surface area contributed by atoms with Gasteiger partial charge in [0, 0.05) is 25.2 Å². The van der Waals surface area contributed by atoms with E-state index >= 15 is 0 Å². The molecule has 0 heterocycles. The van der Waals surface area contributed by atoms with Crippen LogP contribution in [-0.4, -0.2) is 44.2 Å². The molecule has 1 unspecified atom stereocenters. The van der Waals surface area contributed by atoms with Gasteiger partial charge in [0.2, 0.25) is 0 Å². The van der Waals surface area contributed by atoms with Crippen molar-refractivity contribution in [3.63, 3.8) is 0 Å². The lowest BCUT2D eigenvalue weighted by molar-refractivity contribution is 0.0748. The van der Waals surface area contributed by atoms with Gasteiger partial charge in [0.25, 0.3) is 5.91 Å². The predicted octanol–water partition coefficient (Wildman–Crippen LogP) is 2.28. The van der Waals surface area contributed by atoms with Gasteiger partial charge in [0.1, 0.15) is 0 Å². The van der Waals surface area contributed by atoms with Crippen molar-refractivity contribution in [3.05, 3.63) is 22.2 Å². The number of nitrogens with zero attached hydrogens (tertiary/aromatic N) is 1. The molecule has 0 radical (unpaired) electrons. The molecular formula is C14H21BrN2O3. The van der Waals surface area contributed by atoms with Gasteiger partial charge in [-0.15, -0.1) is 0 Å². The van der Waals surface area contributed by atoms with E-state index < -0.39 is 0 Å². The first-order valence-electron chi connectivity index (χ1n) is 6.43. The van der Waals surface area contributed by atoms with Crippen LogP contribution in [0, 0.1) is 0 Å². The molecule has 0 saturated carbocycles. The van der Waals surface area contributed by atoms with Crippen molar-refractivity contribution in [1.29, 1.82) is 0 Å². The molecule has 112 valence electrons. The number of nitrogens with two attached hydrogens (primary N) is 1. The van der Waals surface area contributed by atoms with Crippen LogP contribution in [0.5, 0.6) is 11.5 Å². The minimum atomic E-state index is -0.106. The smallest absolute Gasteiger partial charge is 0.254 e. The zero-order chi connectivity index (χ0) is 15.3. The highest BCUT2D eigenvalue weighted by molar-refractivity contribution is 9.10. The highest BCUT2D eigenvalue weighted by atomic mass is 79.9. The van der Waals surface area contributed by atoms with E-state index in [-0.39, 0.29) is 11.9 Å². The number of benzene rings is 1. The standard InChI is InChI=1S/C14H21BrN2O3/c1-5-20-13-11(15)6-10(7-12(13)19-4)14(18)17(3)9(2)8-16/h6-7,9H,5,8,16H2,1-4H3. The summed E-state index contributed by atoms with van der Waals surface area (Å²) in [6.07, 6.45) is 0. The van der Waals surface area contributed by atoms with Crippen LogP contribution in [0.1, 0.15) is 24.2 Å². The van der Waals surface area contributed by atoms with E-state index in [1.54, 1.807) is 31.2 Å². The number of halogens is 1. The van der Waals surface area contributed by atoms with Gasteiger partial charge in [0.15, 0.2) is 11.5 Å². The number of hydrogen-bond donors (Lipinski definition) is 1. The van der Waals surface area contributed by atoms with Gasteiger partial charge in [-0.2, -0.15) is 0 Å². The van der Waals surface area contributed by atoms with Crippen LogP contribution in [-0.2, 0) is 0 Å². The SMILES string of the molecule is CCOc1c(Br)cc(C(=O)N(C)C(C)CN)cc1OC. The molecule has 0 spiro atoms. The lowest BCUT2D eigenvalue weighted by Crippen LogP contribution is -2.39. The fourth-order valence-corrected chi connectivity index (χ4v) is 2.25. The number of ether oxygens (including phenoxy) is 2. The van der Waals surface area contributed by atoms with E-state index in [2.05, 4.69) is 15.9 Å². The molecular weight excluding hydrogens is 324 g/mol. The maximum atomic E-state index is 12.4. The fraction of sp³-hybridized carbons (Fsp3) is 0.500. The summed E-state index contributed by atoms with van der Waals surface area (Å²) in [5, 5.41) is 0. The van der Waals surface area contributed by atoms with Crippen LogP contribution in [0.15, 0.2) is 16.6 Å². The van der Waals surface area contributed by atoms with Crippen LogP contribution in [0.25, 0.3) is 0 Å². The summed E-state index contributed by atoms with van der Waals surface area (Å²) in [6.45, 7) is 4.73. The summed E-state index contributed by atoms with van der Waals surface area (Å²) in [5.74, 6) is 1.02. The van der Waals surface area contributed by atoms with Gasteiger partial charge in [0.05, 0.1) is 18.2 Å². The van der Waals surface area contributed by atoms with Gasteiger partial charge in [-0.1, -0.05) is 0 Å². The molecule has 0 aromatic heterocycles. The van der Waals surface area contributed by atoms with Crippen molar-refractivity contribution in [1.82, 2.24) is 4.90 Å². The highest BCUT2D eigenvalue weighted by Crippen LogP contribution is 2.36. The van der Waals surface area contributed by atoms with Crippen LogP contribution in [0.4, 0.5) is 0 Å². The zero-order valence-corrected chi connectivity index (χ0v) is 13.9. The first kappa shape index (κ1) is 16.8. The Labute approximate surface area is 128 Å². The lowest BCUT2D eigenvalue weighted by Gasteiger charge is -2.24. The number of likely N-dealkylation sites (N-methyl/N-ethyl adjacent to an activating group) is 1. The second-order valence-electron chi connectivity index (χ2n) is 4.42. The Bertz CT molecular complexity index is 480. The average molecular weight is 345 g/mol. The van der Waals surface area contributed by atoms with E-state index in [4.69, 9.17) is 15.2 Å². The summed E-state index contributed by atoms with van der Waals surface area (Å²) in [4.78, 5) is 14.0. The number of methoxy groups -OCH3 is 1. The molecule has 1 aromatic carbocycles. The van der Waals surface area contributed by atoms with Gasteiger partial charge in [-0.3, -0.25) is 4.79 Å². The third-order valence-electron chi connectivity index (χ3n) is 3.09. The Morgan fingerprint density at radius 2 is 2.15 bits per heavy atom. The van der Waals surface area contributed by atoms with Crippen LogP contribution >= 0.6 is 15.9 Å². The molecule has 20 heavy (non-hydrogen) atoms. The Kier molecular flexibility index (Phi) is 6.29. The molecule has 0 aliphatic carbocycles. The number of amides is 1.